The Labute approximate surface area is 195 Å². The monoisotopic (exact) mass is 457 g/mol. The number of aryl methyl sites for hydroxylation is 3. The zero-order chi connectivity index (χ0) is 23.1. The summed E-state index contributed by atoms with van der Waals surface area (Å²) < 4.78 is 5.77. The SMILES string of the molecule is Cc1cc(Cl)ccc1OCCCC(=O)N1CCN(CC(=O)Nc2c(C)cccc2C)CC1. The molecule has 32 heavy (non-hydrogen) atoms. The van der Waals surface area contributed by atoms with Gasteiger partial charge in [-0.1, -0.05) is 29.8 Å². The van der Waals surface area contributed by atoms with Gasteiger partial charge in [0.05, 0.1) is 13.2 Å². The van der Waals surface area contributed by atoms with E-state index < -0.39 is 0 Å². The van der Waals surface area contributed by atoms with Crippen molar-refractivity contribution in [3.8, 4) is 5.75 Å². The summed E-state index contributed by atoms with van der Waals surface area (Å²) in [5, 5.41) is 3.72. The Hall–Kier alpha value is -2.57. The molecular weight excluding hydrogens is 426 g/mol. The molecule has 172 valence electrons. The van der Waals surface area contributed by atoms with Gasteiger partial charge >= 0.3 is 0 Å². The van der Waals surface area contributed by atoms with Crippen LogP contribution < -0.4 is 10.1 Å². The number of hydrogen-bond donors (Lipinski definition) is 1. The molecule has 0 saturated carbocycles. The second-order valence-electron chi connectivity index (χ2n) is 8.33. The summed E-state index contributed by atoms with van der Waals surface area (Å²) in [5.41, 5.74) is 4.00. The number of benzene rings is 2. The summed E-state index contributed by atoms with van der Waals surface area (Å²) in [6.45, 7) is 9.46. The van der Waals surface area contributed by atoms with Crippen molar-refractivity contribution in [2.45, 2.75) is 33.6 Å². The van der Waals surface area contributed by atoms with E-state index >= 15 is 0 Å². The lowest BCUT2D eigenvalue weighted by atomic mass is 10.1. The number of hydrogen-bond acceptors (Lipinski definition) is 4. The molecule has 0 bridgehead atoms. The van der Waals surface area contributed by atoms with Gasteiger partial charge in [-0.25, -0.2) is 0 Å². The minimum Gasteiger partial charge on any atom is -0.493 e. The fourth-order valence-electron chi connectivity index (χ4n) is 3.89. The molecule has 0 atom stereocenters. The van der Waals surface area contributed by atoms with Gasteiger partial charge in [0.15, 0.2) is 0 Å². The molecule has 1 heterocycles. The first kappa shape index (κ1) is 24.1. The van der Waals surface area contributed by atoms with E-state index in [-0.39, 0.29) is 11.8 Å². The minimum absolute atomic E-state index is 0.0168. The Morgan fingerprint density at radius 2 is 1.69 bits per heavy atom. The van der Waals surface area contributed by atoms with Crippen molar-refractivity contribution in [1.82, 2.24) is 9.80 Å². The molecule has 7 heteroatoms. The molecule has 0 unspecified atom stereocenters. The number of halogens is 1. The number of nitrogens with zero attached hydrogens (tertiary/aromatic N) is 2. The molecule has 0 spiro atoms. The van der Waals surface area contributed by atoms with E-state index in [0.29, 0.717) is 57.2 Å². The molecule has 2 amide bonds. The lowest BCUT2D eigenvalue weighted by Gasteiger charge is -2.34. The Morgan fingerprint density at radius 1 is 1.00 bits per heavy atom. The Kier molecular flexibility index (Phi) is 8.53. The number of carbonyl (C=O) groups is 2. The molecule has 1 saturated heterocycles. The van der Waals surface area contributed by atoms with Crippen LogP contribution >= 0.6 is 11.6 Å². The number of carbonyl (C=O) groups excluding carboxylic acids is 2. The second kappa shape index (κ2) is 11.3. The van der Waals surface area contributed by atoms with Gasteiger partial charge in [-0.05, 0) is 62.1 Å². The molecule has 2 aromatic rings. The molecule has 0 radical (unpaired) electrons. The Bertz CT molecular complexity index is 935. The summed E-state index contributed by atoms with van der Waals surface area (Å²) in [6, 6.07) is 11.5. The number of anilines is 1. The second-order valence-corrected chi connectivity index (χ2v) is 8.77. The van der Waals surface area contributed by atoms with E-state index in [1.54, 1.807) is 6.07 Å². The van der Waals surface area contributed by atoms with E-state index in [1.807, 2.05) is 56.0 Å². The molecule has 0 aromatic heterocycles. The van der Waals surface area contributed by atoms with Crippen LogP contribution in [0, 0.1) is 20.8 Å². The lowest BCUT2D eigenvalue weighted by molar-refractivity contribution is -0.133. The summed E-state index contributed by atoms with van der Waals surface area (Å²) in [7, 11) is 0. The zero-order valence-electron chi connectivity index (χ0n) is 19.1. The Balaban J connectivity index is 1.35. The van der Waals surface area contributed by atoms with Crippen LogP contribution in [0.2, 0.25) is 5.02 Å². The summed E-state index contributed by atoms with van der Waals surface area (Å²) >= 11 is 5.96. The minimum atomic E-state index is -0.0168. The average Bonchev–Trinajstić information content (AvgIpc) is 2.75. The standard InChI is InChI=1S/C25H32ClN3O3/c1-18-6-4-7-19(2)25(18)27-23(30)17-28-11-13-29(14-12-28)24(31)8-5-15-32-22-10-9-21(26)16-20(22)3/h4,6-7,9-10,16H,5,8,11-15,17H2,1-3H3,(H,27,30). The van der Waals surface area contributed by atoms with Crippen molar-refractivity contribution in [3.05, 3.63) is 58.1 Å². The predicted octanol–water partition coefficient (Wildman–Crippen LogP) is 4.21. The van der Waals surface area contributed by atoms with Crippen LogP contribution in [-0.2, 0) is 9.59 Å². The fourth-order valence-corrected chi connectivity index (χ4v) is 4.11. The third-order valence-corrected chi connectivity index (χ3v) is 6.00. The van der Waals surface area contributed by atoms with Crippen LogP contribution in [0.4, 0.5) is 5.69 Å². The molecule has 6 nitrogen and oxygen atoms in total. The van der Waals surface area contributed by atoms with Crippen molar-refractivity contribution >= 4 is 29.1 Å². The predicted molar refractivity (Wildman–Crippen MR) is 128 cm³/mol. The number of piperazine rings is 1. The first-order chi connectivity index (χ1) is 15.3. The van der Waals surface area contributed by atoms with Crippen molar-refractivity contribution in [2.24, 2.45) is 0 Å². The van der Waals surface area contributed by atoms with Gasteiger partial charge in [-0.2, -0.15) is 0 Å². The first-order valence-corrected chi connectivity index (χ1v) is 11.5. The third kappa shape index (κ3) is 6.71. The van der Waals surface area contributed by atoms with Crippen LogP contribution in [0.15, 0.2) is 36.4 Å². The molecule has 2 aromatic carbocycles. The van der Waals surface area contributed by atoms with Gasteiger partial charge in [0.25, 0.3) is 0 Å². The average molecular weight is 458 g/mol. The lowest BCUT2D eigenvalue weighted by Crippen LogP contribution is -2.50. The first-order valence-electron chi connectivity index (χ1n) is 11.1. The van der Waals surface area contributed by atoms with E-state index in [2.05, 4.69) is 10.2 Å². The molecule has 1 fully saturated rings. The summed E-state index contributed by atoms with van der Waals surface area (Å²) in [5.74, 6) is 0.924. The largest absolute Gasteiger partial charge is 0.493 e. The van der Waals surface area contributed by atoms with Gasteiger partial charge in [0.2, 0.25) is 11.8 Å². The fraction of sp³-hybridized carbons (Fsp3) is 0.440. The van der Waals surface area contributed by atoms with E-state index in [4.69, 9.17) is 16.3 Å². The Morgan fingerprint density at radius 3 is 2.34 bits per heavy atom. The molecular formula is C25H32ClN3O3. The summed E-state index contributed by atoms with van der Waals surface area (Å²) in [4.78, 5) is 29.0. The third-order valence-electron chi connectivity index (χ3n) is 5.77. The highest BCUT2D eigenvalue weighted by Crippen LogP contribution is 2.22. The number of nitrogens with one attached hydrogen (secondary N) is 1. The maximum atomic E-state index is 12.5. The van der Waals surface area contributed by atoms with Crippen molar-refractivity contribution < 1.29 is 14.3 Å². The topological polar surface area (TPSA) is 61.9 Å². The highest BCUT2D eigenvalue weighted by molar-refractivity contribution is 6.30. The summed E-state index contributed by atoms with van der Waals surface area (Å²) in [6.07, 6.45) is 1.12. The highest BCUT2D eigenvalue weighted by Gasteiger charge is 2.22. The number of rotatable bonds is 8. The molecule has 1 N–H and O–H groups in total. The van der Waals surface area contributed by atoms with Gasteiger partial charge in [0.1, 0.15) is 5.75 Å². The van der Waals surface area contributed by atoms with E-state index in [0.717, 1.165) is 28.1 Å². The van der Waals surface area contributed by atoms with Gasteiger partial charge in [-0.3, -0.25) is 14.5 Å². The van der Waals surface area contributed by atoms with Gasteiger partial charge in [-0.15, -0.1) is 0 Å². The number of ether oxygens (including phenoxy) is 1. The van der Waals surface area contributed by atoms with Crippen molar-refractivity contribution in [1.29, 1.82) is 0 Å². The van der Waals surface area contributed by atoms with Crippen LogP contribution in [0.25, 0.3) is 0 Å². The quantitative estimate of drug-likeness (QED) is 0.603. The van der Waals surface area contributed by atoms with Crippen LogP contribution in [0.3, 0.4) is 0 Å². The van der Waals surface area contributed by atoms with Crippen LogP contribution in [0.5, 0.6) is 5.75 Å². The van der Waals surface area contributed by atoms with E-state index in [1.165, 1.54) is 0 Å². The van der Waals surface area contributed by atoms with Crippen molar-refractivity contribution in [3.63, 3.8) is 0 Å². The molecule has 1 aliphatic rings. The number of para-hydroxylation sites is 1. The van der Waals surface area contributed by atoms with E-state index in [9.17, 15) is 9.59 Å². The maximum absolute atomic E-state index is 12.5. The molecule has 0 aliphatic carbocycles. The normalized spacial score (nSPS) is 14.3. The zero-order valence-corrected chi connectivity index (χ0v) is 19.9. The number of amides is 2. The van der Waals surface area contributed by atoms with Gasteiger partial charge in [0, 0.05) is 43.3 Å². The smallest absolute Gasteiger partial charge is 0.238 e. The maximum Gasteiger partial charge on any atom is 0.238 e. The van der Waals surface area contributed by atoms with Crippen LogP contribution in [-0.4, -0.2) is 60.9 Å². The highest BCUT2D eigenvalue weighted by atomic mass is 35.5. The molecule has 1 aliphatic heterocycles. The van der Waals surface area contributed by atoms with Gasteiger partial charge < -0.3 is 15.0 Å². The molecule has 3 rings (SSSR count). The van der Waals surface area contributed by atoms with Crippen LogP contribution in [0.1, 0.15) is 29.5 Å². The van der Waals surface area contributed by atoms with Crippen molar-refractivity contribution in [2.75, 3.05) is 44.6 Å².